The molecule has 0 unspecified atom stereocenters. The minimum absolute atomic E-state index is 0.0691. The molecule has 0 heterocycles. The van der Waals surface area contributed by atoms with Crippen molar-refractivity contribution in [1.29, 1.82) is 0 Å². The molecule has 72 valence electrons. The average Bonchev–Trinajstić information content (AvgIpc) is 1.94. The van der Waals surface area contributed by atoms with Crippen molar-refractivity contribution in [3.8, 4) is 0 Å². The number of hydrogen-bond acceptors (Lipinski definition) is 0. The number of benzene rings is 1. The summed E-state index contributed by atoms with van der Waals surface area (Å²) in [5, 5.41) is 0.0691. The molecule has 0 amide bonds. The van der Waals surface area contributed by atoms with Gasteiger partial charge in [-0.25, -0.2) is 0 Å². The highest BCUT2D eigenvalue weighted by atomic mass is 127. The topological polar surface area (TPSA) is 0 Å². The van der Waals surface area contributed by atoms with Crippen molar-refractivity contribution in [3.05, 3.63) is 30.8 Å². The summed E-state index contributed by atoms with van der Waals surface area (Å²) in [5.41, 5.74) is -0.715. The van der Waals surface area contributed by atoms with E-state index in [2.05, 4.69) is 15.9 Å². The molecule has 0 N–H and O–H groups in total. The summed E-state index contributed by atoms with van der Waals surface area (Å²) in [6, 6.07) is 2.34. The number of hydrogen-bond donors (Lipinski definition) is 0. The highest BCUT2D eigenvalue weighted by Crippen LogP contribution is 2.37. The molecule has 0 aromatic heterocycles. The SMILES string of the molecule is FC(F)(F)c1cc(Cl)cc(Br)c1I. The normalized spacial score (nSPS) is 11.8. The van der Waals surface area contributed by atoms with E-state index in [4.69, 9.17) is 11.6 Å². The third-order valence-electron chi connectivity index (χ3n) is 1.30. The summed E-state index contributed by atoms with van der Waals surface area (Å²) in [4.78, 5) is 0. The minimum Gasteiger partial charge on any atom is -0.166 e. The number of halogens is 6. The molecule has 13 heavy (non-hydrogen) atoms. The third-order valence-corrected chi connectivity index (χ3v) is 4.05. The molecule has 0 saturated heterocycles. The molecule has 0 aliphatic rings. The second-order valence-electron chi connectivity index (χ2n) is 2.25. The Hall–Kier alpha value is 0.510. The van der Waals surface area contributed by atoms with Crippen LogP contribution in [0.4, 0.5) is 13.2 Å². The zero-order valence-corrected chi connectivity index (χ0v) is 10.4. The van der Waals surface area contributed by atoms with Crippen molar-refractivity contribution >= 4 is 50.1 Å². The minimum atomic E-state index is -4.36. The Morgan fingerprint density at radius 2 is 1.85 bits per heavy atom. The quantitative estimate of drug-likeness (QED) is 0.448. The van der Waals surface area contributed by atoms with Gasteiger partial charge in [-0.2, -0.15) is 13.2 Å². The first-order chi connectivity index (χ1) is 5.82. The molecular weight excluding hydrogens is 383 g/mol. The van der Waals surface area contributed by atoms with E-state index in [0.29, 0.717) is 4.47 Å². The smallest absolute Gasteiger partial charge is 0.166 e. The molecule has 6 heteroatoms. The molecule has 0 saturated carbocycles. The van der Waals surface area contributed by atoms with Gasteiger partial charge in [0.1, 0.15) is 0 Å². The second kappa shape index (κ2) is 3.94. The molecule has 0 spiro atoms. The monoisotopic (exact) mass is 384 g/mol. The Labute approximate surface area is 99.7 Å². The van der Waals surface area contributed by atoms with Gasteiger partial charge in [-0.15, -0.1) is 0 Å². The van der Waals surface area contributed by atoms with E-state index in [1.165, 1.54) is 6.07 Å². The van der Waals surface area contributed by atoms with Crippen molar-refractivity contribution in [2.75, 3.05) is 0 Å². The van der Waals surface area contributed by atoms with Crippen LogP contribution in [0, 0.1) is 3.57 Å². The lowest BCUT2D eigenvalue weighted by Crippen LogP contribution is -2.07. The highest BCUT2D eigenvalue weighted by Gasteiger charge is 2.33. The van der Waals surface area contributed by atoms with Gasteiger partial charge in [-0.1, -0.05) is 11.6 Å². The predicted molar refractivity (Wildman–Crippen MR) is 56.9 cm³/mol. The summed E-state index contributed by atoms with van der Waals surface area (Å²) < 4.78 is 37.4. The number of rotatable bonds is 0. The third kappa shape index (κ3) is 2.73. The molecule has 0 fully saturated rings. The van der Waals surface area contributed by atoms with Crippen LogP contribution in [0.2, 0.25) is 5.02 Å². The second-order valence-corrected chi connectivity index (χ2v) is 4.62. The molecule has 0 nitrogen and oxygen atoms in total. The Balaban J connectivity index is 3.37. The fourth-order valence-corrected chi connectivity index (χ4v) is 2.19. The van der Waals surface area contributed by atoms with Gasteiger partial charge in [0, 0.05) is 13.1 Å². The maximum absolute atomic E-state index is 12.3. The van der Waals surface area contributed by atoms with Gasteiger partial charge in [-0.05, 0) is 50.7 Å². The van der Waals surface area contributed by atoms with Crippen LogP contribution in [0.1, 0.15) is 5.56 Å². The highest BCUT2D eigenvalue weighted by molar-refractivity contribution is 14.1. The summed E-state index contributed by atoms with van der Waals surface area (Å²) in [6.45, 7) is 0. The molecule has 1 rings (SSSR count). The largest absolute Gasteiger partial charge is 0.417 e. The van der Waals surface area contributed by atoms with Gasteiger partial charge in [-0.3, -0.25) is 0 Å². The van der Waals surface area contributed by atoms with E-state index in [0.717, 1.165) is 6.07 Å². The van der Waals surface area contributed by atoms with Crippen LogP contribution in [-0.4, -0.2) is 0 Å². The zero-order valence-electron chi connectivity index (χ0n) is 5.92. The van der Waals surface area contributed by atoms with Crippen LogP contribution in [0.25, 0.3) is 0 Å². The van der Waals surface area contributed by atoms with E-state index in [9.17, 15) is 13.2 Å². The molecule has 0 atom stereocenters. The Kier molecular flexibility index (Phi) is 3.51. The first kappa shape index (κ1) is 11.6. The van der Waals surface area contributed by atoms with Crippen LogP contribution in [0.5, 0.6) is 0 Å². The van der Waals surface area contributed by atoms with Crippen LogP contribution in [0.3, 0.4) is 0 Å². The van der Waals surface area contributed by atoms with E-state index < -0.39 is 11.7 Å². The lowest BCUT2D eigenvalue weighted by atomic mass is 10.2. The van der Waals surface area contributed by atoms with Gasteiger partial charge in [0.15, 0.2) is 0 Å². The van der Waals surface area contributed by atoms with Gasteiger partial charge in [0.25, 0.3) is 0 Å². The number of alkyl halides is 3. The first-order valence-corrected chi connectivity index (χ1v) is 5.29. The maximum atomic E-state index is 12.3. The van der Waals surface area contributed by atoms with Crippen molar-refractivity contribution in [3.63, 3.8) is 0 Å². The van der Waals surface area contributed by atoms with Gasteiger partial charge >= 0.3 is 6.18 Å². The van der Waals surface area contributed by atoms with Crippen molar-refractivity contribution in [1.82, 2.24) is 0 Å². The van der Waals surface area contributed by atoms with Crippen LogP contribution in [-0.2, 0) is 6.18 Å². The Morgan fingerprint density at radius 3 is 2.31 bits per heavy atom. The van der Waals surface area contributed by atoms with Crippen LogP contribution >= 0.6 is 50.1 Å². The standard InChI is InChI=1S/C7H2BrClF3I/c8-5-2-3(9)1-4(6(5)13)7(10,11)12/h1-2H. The lowest BCUT2D eigenvalue weighted by Gasteiger charge is -2.10. The summed E-state index contributed by atoms with van der Waals surface area (Å²) in [6.07, 6.45) is -4.36. The Bertz CT molecular complexity index is 337. The molecule has 0 bridgehead atoms. The Morgan fingerprint density at radius 1 is 1.31 bits per heavy atom. The first-order valence-electron chi connectivity index (χ1n) is 3.04. The molecule has 1 aromatic rings. The van der Waals surface area contributed by atoms with Crippen LogP contribution in [0.15, 0.2) is 16.6 Å². The van der Waals surface area contributed by atoms with Crippen molar-refractivity contribution in [2.24, 2.45) is 0 Å². The van der Waals surface area contributed by atoms with Crippen molar-refractivity contribution in [2.45, 2.75) is 6.18 Å². The molecule has 0 aliphatic heterocycles. The van der Waals surface area contributed by atoms with E-state index in [1.807, 2.05) is 0 Å². The molecular formula is C7H2BrClF3I. The van der Waals surface area contributed by atoms with Crippen LogP contribution < -0.4 is 0 Å². The zero-order chi connectivity index (χ0) is 10.2. The van der Waals surface area contributed by atoms with E-state index in [1.54, 1.807) is 22.6 Å². The van der Waals surface area contributed by atoms with Gasteiger partial charge in [0.05, 0.1) is 5.56 Å². The van der Waals surface area contributed by atoms with Gasteiger partial charge < -0.3 is 0 Å². The van der Waals surface area contributed by atoms with Gasteiger partial charge in [0.2, 0.25) is 0 Å². The fraction of sp³-hybridized carbons (Fsp3) is 0.143. The average molecular weight is 385 g/mol. The van der Waals surface area contributed by atoms with E-state index >= 15 is 0 Å². The molecule has 1 aromatic carbocycles. The fourth-order valence-electron chi connectivity index (χ4n) is 0.762. The van der Waals surface area contributed by atoms with E-state index in [-0.39, 0.29) is 8.59 Å². The lowest BCUT2D eigenvalue weighted by molar-refractivity contribution is -0.138. The summed E-state index contributed by atoms with van der Waals surface area (Å²) in [5.74, 6) is 0. The predicted octanol–water partition coefficient (Wildman–Crippen LogP) is 4.73. The summed E-state index contributed by atoms with van der Waals surface area (Å²) in [7, 11) is 0. The maximum Gasteiger partial charge on any atom is 0.417 e. The van der Waals surface area contributed by atoms with Crippen molar-refractivity contribution < 1.29 is 13.2 Å². The summed E-state index contributed by atoms with van der Waals surface area (Å²) >= 11 is 10.1. The molecule has 0 aliphatic carbocycles. The molecule has 0 radical (unpaired) electrons.